The van der Waals surface area contributed by atoms with Gasteiger partial charge in [-0.2, -0.15) is 0 Å². The zero-order valence-electron chi connectivity index (χ0n) is 8.63. The van der Waals surface area contributed by atoms with Gasteiger partial charge in [0.2, 0.25) is 0 Å². The lowest BCUT2D eigenvalue weighted by molar-refractivity contribution is 0.360. The highest BCUT2D eigenvalue weighted by Crippen LogP contribution is 2.30. The van der Waals surface area contributed by atoms with Crippen molar-refractivity contribution in [2.24, 2.45) is 11.8 Å². The molecule has 3 atom stereocenters. The summed E-state index contributed by atoms with van der Waals surface area (Å²) >= 11 is 2.11. The second kappa shape index (κ2) is 4.52. The number of rotatable bonds is 2. The van der Waals surface area contributed by atoms with E-state index >= 15 is 0 Å². The molecule has 1 rings (SSSR count). The average molecular weight is 187 g/mol. The number of thioether (sulfide) groups is 1. The lowest BCUT2D eigenvalue weighted by atomic mass is 9.98. The largest absolute Gasteiger partial charge is 0.305 e. The molecule has 2 heteroatoms. The molecule has 0 amide bonds. The van der Waals surface area contributed by atoms with Crippen LogP contribution in [-0.2, 0) is 0 Å². The Morgan fingerprint density at radius 2 is 2.00 bits per heavy atom. The SMILES string of the molecule is CC1CCNC(C(C)C(C)C)S1. The Bertz CT molecular complexity index is 136. The summed E-state index contributed by atoms with van der Waals surface area (Å²) < 4.78 is 0. The maximum atomic E-state index is 3.59. The third kappa shape index (κ3) is 2.67. The highest BCUT2D eigenvalue weighted by Gasteiger charge is 2.25. The molecule has 72 valence electrons. The van der Waals surface area contributed by atoms with Crippen molar-refractivity contribution in [2.45, 2.75) is 44.7 Å². The maximum Gasteiger partial charge on any atom is 0.0563 e. The molecule has 0 aliphatic carbocycles. The smallest absolute Gasteiger partial charge is 0.0563 e. The zero-order chi connectivity index (χ0) is 9.14. The fraction of sp³-hybridized carbons (Fsp3) is 1.00. The van der Waals surface area contributed by atoms with E-state index in [1.165, 1.54) is 13.0 Å². The van der Waals surface area contributed by atoms with Crippen LogP contribution in [0.2, 0.25) is 0 Å². The summed E-state index contributed by atoms with van der Waals surface area (Å²) in [4.78, 5) is 0. The molecule has 1 heterocycles. The van der Waals surface area contributed by atoms with Gasteiger partial charge in [-0.3, -0.25) is 0 Å². The Kier molecular flexibility index (Phi) is 3.91. The van der Waals surface area contributed by atoms with Crippen LogP contribution in [-0.4, -0.2) is 17.2 Å². The predicted octanol–water partition coefficient (Wildman–Crippen LogP) is 2.72. The Balaban J connectivity index is 2.40. The van der Waals surface area contributed by atoms with E-state index in [0.717, 1.165) is 17.1 Å². The summed E-state index contributed by atoms with van der Waals surface area (Å²) in [7, 11) is 0. The summed E-state index contributed by atoms with van der Waals surface area (Å²) in [5.74, 6) is 1.58. The molecule has 0 aromatic carbocycles. The summed E-state index contributed by atoms with van der Waals surface area (Å²) in [6, 6.07) is 0. The fourth-order valence-electron chi connectivity index (χ4n) is 1.45. The Hall–Kier alpha value is 0.310. The van der Waals surface area contributed by atoms with E-state index in [-0.39, 0.29) is 0 Å². The molecule has 1 nitrogen and oxygen atoms in total. The van der Waals surface area contributed by atoms with Crippen molar-refractivity contribution in [1.82, 2.24) is 5.32 Å². The van der Waals surface area contributed by atoms with Crippen LogP contribution in [0.5, 0.6) is 0 Å². The first-order valence-electron chi connectivity index (χ1n) is 5.00. The van der Waals surface area contributed by atoms with Crippen LogP contribution in [0.15, 0.2) is 0 Å². The van der Waals surface area contributed by atoms with E-state index in [1.807, 2.05) is 0 Å². The Labute approximate surface area is 80.7 Å². The maximum absolute atomic E-state index is 3.59. The molecule has 1 N–H and O–H groups in total. The standard InChI is InChI=1S/C10H21NS/c1-7(2)9(4)10-11-6-5-8(3)12-10/h7-11H,5-6H2,1-4H3. The van der Waals surface area contributed by atoms with Gasteiger partial charge in [0.05, 0.1) is 5.37 Å². The van der Waals surface area contributed by atoms with Crippen molar-refractivity contribution in [3.05, 3.63) is 0 Å². The minimum absolute atomic E-state index is 0.689. The van der Waals surface area contributed by atoms with Gasteiger partial charge >= 0.3 is 0 Å². The molecule has 12 heavy (non-hydrogen) atoms. The number of hydrogen-bond acceptors (Lipinski definition) is 2. The Morgan fingerprint density at radius 3 is 2.50 bits per heavy atom. The van der Waals surface area contributed by atoms with Crippen molar-refractivity contribution in [1.29, 1.82) is 0 Å². The molecule has 1 aliphatic rings. The van der Waals surface area contributed by atoms with Crippen LogP contribution in [0, 0.1) is 11.8 Å². The van der Waals surface area contributed by atoms with Gasteiger partial charge in [0, 0.05) is 5.25 Å². The lowest BCUT2D eigenvalue weighted by Crippen LogP contribution is -2.40. The van der Waals surface area contributed by atoms with Crippen LogP contribution >= 0.6 is 11.8 Å². The average Bonchev–Trinajstić information content (AvgIpc) is 2.03. The van der Waals surface area contributed by atoms with Crippen molar-refractivity contribution >= 4 is 11.8 Å². The van der Waals surface area contributed by atoms with Crippen molar-refractivity contribution in [2.75, 3.05) is 6.54 Å². The minimum atomic E-state index is 0.689. The third-order valence-electron chi connectivity index (χ3n) is 2.80. The van der Waals surface area contributed by atoms with Gasteiger partial charge in [-0.25, -0.2) is 0 Å². The highest BCUT2D eigenvalue weighted by atomic mass is 32.2. The first kappa shape index (κ1) is 10.4. The second-order valence-corrected chi connectivity index (χ2v) is 5.80. The van der Waals surface area contributed by atoms with Crippen LogP contribution in [0.3, 0.4) is 0 Å². The van der Waals surface area contributed by atoms with Gasteiger partial charge < -0.3 is 5.32 Å². The van der Waals surface area contributed by atoms with Crippen LogP contribution < -0.4 is 5.32 Å². The van der Waals surface area contributed by atoms with E-state index in [9.17, 15) is 0 Å². The zero-order valence-corrected chi connectivity index (χ0v) is 9.45. The van der Waals surface area contributed by atoms with Gasteiger partial charge in [0.1, 0.15) is 0 Å². The molecule has 0 aromatic heterocycles. The summed E-state index contributed by atoms with van der Waals surface area (Å²) in [6.45, 7) is 10.5. The first-order chi connectivity index (χ1) is 5.61. The molecule has 0 bridgehead atoms. The molecule has 1 aliphatic heterocycles. The lowest BCUT2D eigenvalue weighted by Gasteiger charge is -2.33. The fourth-order valence-corrected chi connectivity index (χ4v) is 2.99. The molecule has 0 saturated carbocycles. The van der Waals surface area contributed by atoms with E-state index in [0.29, 0.717) is 5.37 Å². The molecule has 1 fully saturated rings. The molecular formula is C10H21NS. The van der Waals surface area contributed by atoms with Crippen molar-refractivity contribution in [3.8, 4) is 0 Å². The highest BCUT2D eigenvalue weighted by molar-refractivity contribution is 8.00. The van der Waals surface area contributed by atoms with Gasteiger partial charge in [0.25, 0.3) is 0 Å². The van der Waals surface area contributed by atoms with E-state index in [2.05, 4.69) is 44.8 Å². The van der Waals surface area contributed by atoms with Gasteiger partial charge in [-0.1, -0.05) is 27.7 Å². The van der Waals surface area contributed by atoms with Crippen LogP contribution in [0.1, 0.15) is 34.1 Å². The van der Waals surface area contributed by atoms with Gasteiger partial charge in [-0.05, 0) is 24.8 Å². The predicted molar refractivity (Wildman–Crippen MR) is 57.5 cm³/mol. The normalized spacial score (nSPS) is 33.8. The molecule has 0 radical (unpaired) electrons. The van der Waals surface area contributed by atoms with Gasteiger partial charge in [-0.15, -0.1) is 11.8 Å². The van der Waals surface area contributed by atoms with E-state index in [4.69, 9.17) is 0 Å². The van der Waals surface area contributed by atoms with E-state index in [1.54, 1.807) is 0 Å². The molecule has 3 unspecified atom stereocenters. The molecule has 1 saturated heterocycles. The quantitative estimate of drug-likeness (QED) is 0.713. The number of nitrogens with one attached hydrogen (secondary N) is 1. The minimum Gasteiger partial charge on any atom is -0.305 e. The van der Waals surface area contributed by atoms with Gasteiger partial charge in [0.15, 0.2) is 0 Å². The number of hydrogen-bond donors (Lipinski definition) is 1. The first-order valence-corrected chi connectivity index (χ1v) is 5.94. The topological polar surface area (TPSA) is 12.0 Å². The molecule has 0 spiro atoms. The summed E-state index contributed by atoms with van der Waals surface area (Å²) in [6.07, 6.45) is 1.33. The Morgan fingerprint density at radius 1 is 1.33 bits per heavy atom. The van der Waals surface area contributed by atoms with Crippen molar-refractivity contribution in [3.63, 3.8) is 0 Å². The second-order valence-electron chi connectivity index (χ2n) is 4.21. The summed E-state index contributed by atoms with van der Waals surface area (Å²) in [5.41, 5.74) is 0. The van der Waals surface area contributed by atoms with Crippen molar-refractivity contribution < 1.29 is 0 Å². The molecular weight excluding hydrogens is 166 g/mol. The molecule has 0 aromatic rings. The monoisotopic (exact) mass is 187 g/mol. The third-order valence-corrected chi connectivity index (χ3v) is 4.39. The summed E-state index contributed by atoms with van der Waals surface area (Å²) in [5, 5.41) is 5.13. The van der Waals surface area contributed by atoms with Crippen LogP contribution in [0.25, 0.3) is 0 Å². The van der Waals surface area contributed by atoms with E-state index < -0.39 is 0 Å². The van der Waals surface area contributed by atoms with Crippen LogP contribution in [0.4, 0.5) is 0 Å².